The molecule has 0 unspecified atom stereocenters. The number of hydrogen-bond donors (Lipinski definition) is 3. The number of nitrogens with zero attached hydrogens (tertiary/aromatic N) is 2. The smallest absolute Gasteiger partial charge is 0.335 e. The summed E-state index contributed by atoms with van der Waals surface area (Å²) in [5.74, 6) is -0.536. The van der Waals surface area contributed by atoms with Crippen molar-refractivity contribution < 1.29 is 19.4 Å². The number of benzene rings is 1. The zero-order valence-electron chi connectivity index (χ0n) is 12.7. The molecule has 0 saturated heterocycles. The SMILES string of the molecule is COCCn1ccc(NC(=O)NCc2ccc(C(=O)O)cc2)n1. The molecule has 1 aromatic carbocycles. The Hall–Kier alpha value is -2.87. The number of aromatic carboxylic acids is 1. The summed E-state index contributed by atoms with van der Waals surface area (Å²) in [4.78, 5) is 22.5. The number of anilines is 1. The number of methoxy groups -OCH3 is 1. The van der Waals surface area contributed by atoms with Crippen LogP contribution >= 0.6 is 0 Å². The van der Waals surface area contributed by atoms with Gasteiger partial charge in [-0.1, -0.05) is 12.1 Å². The molecule has 0 aliphatic rings. The first kappa shape index (κ1) is 16.5. The molecule has 0 bridgehead atoms. The highest BCUT2D eigenvalue weighted by Gasteiger charge is 2.06. The van der Waals surface area contributed by atoms with E-state index in [1.807, 2.05) is 0 Å². The van der Waals surface area contributed by atoms with Gasteiger partial charge in [-0.25, -0.2) is 9.59 Å². The Labute approximate surface area is 133 Å². The number of amides is 2. The van der Waals surface area contributed by atoms with Crippen LogP contribution in [0.2, 0.25) is 0 Å². The van der Waals surface area contributed by atoms with Crippen molar-refractivity contribution in [3.63, 3.8) is 0 Å². The second kappa shape index (κ2) is 7.95. The maximum atomic E-state index is 11.8. The van der Waals surface area contributed by atoms with Crippen molar-refractivity contribution in [2.24, 2.45) is 0 Å². The van der Waals surface area contributed by atoms with E-state index in [0.717, 1.165) is 5.56 Å². The number of carboxylic acid groups (broad SMARTS) is 1. The predicted molar refractivity (Wildman–Crippen MR) is 83.4 cm³/mol. The van der Waals surface area contributed by atoms with Crippen LogP contribution in [0.5, 0.6) is 0 Å². The van der Waals surface area contributed by atoms with Crippen LogP contribution in [0.1, 0.15) is 15.9 Å². The van der Waals surface area contributed by atoms with Gasteiger partial charge in [-0.05, 0) is 17.7 Å². The Morgan fingerprint density at radius 3 is 2.65 bits per heavy atom. The van der Waals surface area contributed by atoms with Gasteiger partial charge >= 0.3 is 12.0 Å². The van der Waals surface area contributed by atoms with Crippen LogP contribution in [0.25, 0.3) is 0 Å². The number of aromatic nitrogens is 2. The number of nitrogens with one attached hydrogen (secondary N) is 2. The van der Waals surface area contributed by atoms with Gasteiger partial charge in [0.2, 0.25) is 0 Å². The summed E-state index contributed by atoms with van der Waals surface area (Å²) in [7, 11) is 1.61. The van der Waals surface area contributed by atoms with Gasteiger partial charge in [0, 0.05) is 25.9 Å². The molecular weight excluding hydrogens is 300 g/mol. The largest absolute Gasteiger partial charge is 0.478 e. The molecule has 0 fully saturated rings. The highest BCUT2D eigenvalue weighted by Crippen LogP contribution is 2.05. The summed E-state index contributed by atoms with van der Waals surface area (Å²) in [6.45, 7) is 1.44. The molecule has 1 aromatic heterocycles. The van der Waals surface area contributed by atoms with Gasteiger partial charge in [-0.15, -0.1) is 0 Å². The van der Waals surface area contributed by atoms with Gasteiger partial charge in [0.25, 0.3) is 0 Å². The lowest BCUT2D eigenvalue weighted by molar-refractivity contribution is 0.0697. The van der Waals surface area contributed by atoms with Crippen molar-refractivity contribution in [2.75, 3.05) is 19.0 Å². The molecule has 0 aliphatic heterocycles. The van der Waals surface area contributed by atoms with E-state index in [9.17, 15) is 9.59 Å². The standard InChI is InChI=1S/C15H18N4O4/c1-23-9-8-19-7-6-13(18-19)17-15(22)16-10-11-2-4-12(5-3-11)14(20)21/h2-7H,8-10H2,1H3,(H,20,21)(H2,16,17,18,22). The second-order valence-electron chi connectivity index (χ2n) is 4.77. The number of carbonyl (C=O) groups is 2. The predicted octanol–water partition coefficient (Wildman–Crippen LogP) is 1.55. The number of carbonyl (C=O) groups excluding carboxylic acids is 1. The van der Waals surface area contributed by atoms with E-state index in [2.05, 4.69) is 15.7 Å². The monoisotopic (exact) mass is 318 g/mol. The third-order valence-electron chi connectivity index (χ3n) is 3.06. The third kappa shape index (κ3) is 5.11. The Kier molecular flexibility index (Phi) is 5.70. The topological polar surface area (TPSA) is 105 Å². The van der Waals surface area contributed by atoms with E-state index in [1.54, 1.807) is 36.2 Å². The van der Waals surface area contributed by atoms with Crippen LogP contribution in [-0.4, -0.2) is 40.6 Å². The van der Waals surface area contributed by atoms with Gasteiger partial charge in [0.1, 0.15) is 0 Å². The first-order valence-corrected chi connectivity index (χ1v) is 6.98. The molecule has 23 heavy (non-hydrogen) atoms. The average Bonchev–Trinajstić information content (AvgIpc) is 2.98. The van der Waals surface area contributed by atoms with Crippen LogP contribution in [-0.2, 0) is 17.8 Å². The zero-order valence-corrected chi connectivity index (χ0v) is 12.7. The average molecular weight is 318 g/mol. The molecule has 2 rings (SSSR count). The maximum absolute atomic E-state index is 11.8. The minimum atomic E-state index is -0.980. The number of urea groups is 1. The van der Waals surface area contributed by atoms with Crippen LogP contribution < -0.4 is 10.6 Å². The molecule has 0 atom stereocenters. The summed E-state index contributed by atoms with van der Waals surface area (Å²) in [5, 5.41) is 18.3. The maximum Gasteiger partial charge on any atom is 0.335 e. The van der Waals surface area contributed by atoms with Crippen LogP contribution in [0.4, 0.5) is 10.6 Å². The molecule has 2 aromatic rings. The van der Waals surface area contributed by atoms with Crippen molar-refractivity contribution in [3.05, 3.63) is 47.7 Å². The molecule has 3 N–H and O–H groups in total. The normalized spacial score (nSPS) is 10.3. The highest BCUT2D eigenvalue weighted by molar-refractivity contribution is 5.88. The lowest BCUT2D eigenvalue weighted by atomic mass is 10.1. The van der Waals surface area contributed by atoms with Gasteiger partial charge < -0.3 is 15.2 Å². The van der Waals surface area contributed by atoms with Crippen molar-refractivity contribution in [2.45, 2.75) is 13.1 Å². The van der Waals surface area contributed by atoms with Crippen molar-refractivity contribution in [1.82, 2.24) is 15.1 Å². The first-order chi connectivity index (χ1) is 11.1. The molecular formula is C15H18N4O4. The Morgan fingerprint density at radius 1 is 1.26 bits per heavy atom. The number of hydrogen-bond acceptors (Lipinski definition) is 4. The lowest BCUT2D eigenvalue weighted by Crippen LogP contribution is -2.28. The molecule has 0 aliphatic carbocycles. The zero-order chi connectivity index (χ0) is 16.7. The summed E-state index contributed by atoms with van der Waals surface area (Å²) < 4.78 is 6.62. The summed E-state index contributed by atoms with van der Waals surface area (Å²) >= 11 is 0. The van der Waals surface area contributed by atoms with E-state index >= 15 is 0 Å². The number of rotatable bonds is 7. The fraction of sp³-hybridized carbons (Fsp3) is 0.267. The Balaban J connectivity index is 1.80. The van der Waals surface area contributed by atoms with Gasteiger partial charge in [-0.2, -0.15) is 5.10 Å². The molecule has 2 amide bonds. The fourth-order valence-electron chi connectivity index (χ4n) is 1.85. The molecule has 0 radical (unpaired) electrons. The molecule has 8 nitrogen and oxygen atoms in total. The van der Waals surface area contributed by atoms with E-state index in [-0.39, 0.29) is 18.1 Å². The number of ether oxygens (including phenoxy) is 1. The Bertz CT molecular complexity index is 666. The van der Waals surface area contributed by atoms with Crippen LogP contribution in [0, 0.1) is 0 Å². The van der Waals surface area contributed by atoms with Crippen LogP contribution in [0.15, 0.2) is 36.5 Å². The summed E-state index contributed by atoms with van der Waals surface area (Å²) in [6.07, 6.45) is 1.75. The molecule has 0 saturated carbocycles. The first-order valence-electron chi connectivity index (χ1n) is 6.98. The van der Waals surface area contributed by atoms with Crippen molar-refractivity contribution in [3.8, 4) is 0 Å². The van der Waals surface area contributed by atoms with Crippen molar-refractivity contribution in [1.29, 1.82) is 0 Å². The number of carboxylic acids is 1. The van der Waals surface area contributed by atoms with E-state index in [4.69, 9.17) is 9.84 Å². The summed E-state index contributed by atoms with van der Waals surface area (Å²) in [5.41, 5.74) is 1.01. The van der Waals surface area contributed by atoms with Gasteiger partial charge in [0.15, 0.2) is 5.82 Å². The quantitative estimate of drug-likeness (QED) is 0.718. The molecule has 8 heteroatoms. The molecule has 0 spiro atoms. The van der Waals surface area contributed by atoms with E-state index < -0.39 is 5.97 Å². The van der Waals surface area contributed by atoms with E-state index in [0.29, 0.717) is 19.0 Å². The fourth-order valence-corrected chi connectivity index (χ4v) is 1.85. The van der Waals surface area contributed by atoms with Gasteiger partial charge in [-0.3, -0.25) is 10.00 Å². The van der Waals surface area contributed by atoms with E-state index in [1.165, 1.54) is 12.1 Å². The second-order valence-corrected chi connectivity index (χ2v) is 4.77. The lowest BCUT2D eigenvalue weighted by Gasteiger charge is -2.06. The highest BCUT2D eigenvalue weighted by atomic mass is 16.5. The Morgan fingerprint density at radius 2 is 2.00 bits per heavy atom. The minimum absolute atomic E-state index is 0.208. The van der Waals surface area contributed by atoms with Crippen LogP contribution in [0.3, 0.4) is 0 Å². The molecule has 1 heterocycles. The minimum Gasteiger partial charge on any atom is -0.478 e. The summed E-state index contributed by atoms with van der Waals surface area (Å²) in [6, 6.07) is 7.61. The third-order valence-corrected chi connectivity index (χ3v) is 3.06. The van der Waals surface area contributed by atoms with Crippen molar-refractivity contribution >= 4 is 17.8 Å². The van der Waals surface area contributed by atoms with Gasteiger partial charge in [0.05, 0.1) is 18.7 Å². The molecule has 122 valence electrons.